The van der Waals surface area contributed by atoms with Crippen molar-refractivity contribution in [1.82, 2.24) is 0 Å². The van der Waals surface area contributed by atoms with Crippen molar-refractivity contribution < 1.29 is 0 Å². The van der Waals surface area contributed by atoms with Gasteiger partial charge in [0, 0.05) is 8.95 Å². The zero-order chi connectivity index (χ0) is 20.9. The van der Waals surface area contributed by atoms with Crippen LogP contribution < -0.4 is 0 Å². The zero-order valence-electron chi connectivity index (χ0n) is 15.7. The molecule has 0 aliphatic heterocycles. The number of hydrogen-bond donors (Lipinski definition) is 0. The number of fused-ring (bicyclic) bond motifs is 2. The summed E-state index contributed by atoms with van der Waals surface area (Å²) in [5.74, 6) is 0. The summed E-state index contributed by atoms with van der Waals surface area (Å²) in [7, 11) is 0. The minimum Gasteiger partial charge on any atom is -0.104 e. The summed E-state index contributed by atoms with van der Waals surface area (Å²) in [6.07, 6.45) is 0. The Morgan fingerprint density at radius 1 is 0.467 bits per heavy atom. The second-order valence-electron chi connectivity index (χ2n) is 7.43. The fraction of sp³-hybridized carbons (Fsp3) is 0.0769. The molecule has 4 aromatic carbocycles. The molecule has 0 heterocycles. The molecule has 0 nitrogen and oxygen atoms in total. The lowest BCUT2D eigenvalue weighted by atomic mass is 9.67. The Labute approximate surface area is 203 Å². The summed E-state index contributed by atoms with van der Waals surface area (Å²) in [5.41, 5.74) is 6.01. The van der Waals surface area contributed by atoms with Gasteiger partial charge < -0.3 is 0 Å². The lowest BCUT2D eigenvalue weighted by Crippen LogP contribution is -2.38. The molecule has 0 radical (unpaired) electrons. The van der Waals surface area contributed by atoms with Gasteiger partial charge in [0.25, 0.3) is 0 Å². The van der Waals surface area contributed by atoms with E-state index in [4.69, 9.17) is 23.2 Å². The van der Waals surface area contributed by atoms with Crippen molar-refractivity contribution in [1.29, 1.82) is 0 Å². The van der Waals surface area contributed by atoms with Gasteiger partial charge in [0.2, 0.25) is 0 Å². The van der Waals surface area contributed by atoms with E-state index in [-0.39, 0.29) is 0 Å². The average molecular weight is 559 g/mol. The molecule has 0 atom stereocenters. The first kappa shape index (κ1) is 20.3. The van der Waals surface area contributed by atoms with Crippen molar-refractivity contribution in [2.24, 2.45) is 0 Å². The molecule has 148 valence electrons. The maximum Gasteiger partial charge on any atom is 0.120 e. The highest BCUT2D eigenvalue weighted by molar-refractivity contribution is 9.10. The third-order valence-electron chi connectivity index (χ3n) is 5.78. The largest absolute Gasteiger partial charge is 0.120 e. The summed E-state index contributed by atoms with van der Waals surface area (Å²) in [6.45, 7) is 0. The molecule has 0 saturated carbocycles. The van der Waals surface area contributed by atoms with E-state index >= 15 is 0 Å². The number of rotatable bonds is 2. The minimum atomic E-state index is -0.846. The number of hydrogen-bond acceptors (Lipinski definition) is 0. The van der Waals surface area contributed by atoms with Gasteiger partial charge in [-0.15, -0.1) is 23.2 Å². The predicted molar refractivity (Wildman–Crippen MR) is 133 cm³/mol. The number of benzene rings is 4. The van der Waals surface area contributed by atoms with Gasteiger partial charge in [-0.2, -0.15) is 0 Å². The van der Waals surface area contributed by atoms with Crippen LogP contribution in [0, 0.1) is 0 Å². The summed E-state index contributed by atoms with van der Waals surface area (Å²) in [6, 6.07) is 32.9. The summed E-state index contributed by atoms with van der Waals surface area (Å²) in [5, 5.41) is 0. The molecule has 0 N–H and O–H groups in total. The standard InChI is InChI=1S/C26H16Br2Cl2/c27-19-9-5-7-17(15-19)25(29)21-11-1-2-12-22(21)26(30,18-8-6-10-20(28)16-18)24-14-4-3-13-23(24)25/h1-16H. The molecule has 0 aromatic heterocycles. The van der Waals surface area contributed by atoms with Gasteiger partial charge >= 0.3 is 0 Å². The van der Waals surface area contributed by atoms with E-state index in [9.17, 15) is 0 Å². The molecule has 30 heavy (non-hydrogen) atoms. The quantitative estimate of drug-likeness (QED) is 0.216. The molecule has 0 unspecified atom stereocenters. The van der Waals surface area contributed by atoms with Crippen LogP contribution in [0.2, 0.25) is 0 Å². The lowest BCUT2D eigenvalue weighted by molar-refractivity contribution is 0.729. The Hall–Kier alpha value is -1.58. The first-order valence-corrected chi connectivity index (χ1v) is 11.9. The zero-order valence-corrected chi connectivity index (χ0v) is 20.4. The number of alkyl halides is 2. The lowest BCUT2D eigenvalue weighted by Gasteiger charge is -2.44. The van der Waals surface area contributed by atoms with Crippen LogP contribution >= 0.6 is 55.1 Å². The van der Waals surface area contributed by atoms with Crippen LogP contribution in [-0.4, -0.2) is 0 Å². The van der Waals surface area contributed by atoms with Crippen LogP contribution in [0.5, 0.6) is 0 Å². The van der Waals surface area contributed by atoms with Crippen molar-refractivity contribution in [3.05, 3.63) is 139 Å². The molecule has 1 aliphatic carbocycles. The Balaban J connectivity index is 1.90. The Morgan fingerprint density at radius 2 is 0.800 bits per heavy atom. The van der Waals surface area contributed by atoms with E-state index in [0.717, 1.165) is 42.3 Å². The first-order valence-electron chi connectivity index (χ1n) is 9.55. The van der Waals surface area contributed by atoms with E-state index in [1.54, 1.807) is 0 Å². The third-order valence-corrected chi connectivity index (χ3v) is 8.02. The van der Waals surface area contributed by atoms with Crippen molar-refractivity contribution in [3.8, 4) is 0 Å². The van der Waals surface area contributed by atoms with E-state index in [1.807, 2.05) is 48.5 Å². The van der Waals surface area contributed by atoms with Crippen LogP contribution in [0.15, 0.2) is 106 Å². The summed E-state index contributed by atoms with van der Waals surface area (Å²) < 4.78 is 1.98. The molecule has 0 spiro atoms. The maximum absolute atomic E-state index is 7.59. The molecule has 5 rings (SSSR count). The highest BCUT2D eigenvalue weighted by atomic mass is 79.9. The normalized spacial score (nSPS) is 22.3. The van der Waals surface area contributed by atoms with Gasteiger partial charge in [-0.25, -0.2) is 0 Å². The molecule has 1 aliphatic rings. The minimum absolute atomic E-state index is 0.846. The Morgan fingerprint density at radius 3 is 1.10 bits per heavy atom. The molecule has 4 heteroatoms. The highest BCUT2D eigenvalue weighted by Crippen LogP contribution is 2.58. The monoisotopic (exact) mass is 556 g/mol. The van der Waals surface area contributed by atoms with E-state index in [1.165, 1.54) is 0 Å². The third kappa shape index (κ3) is 2.92. The fourth-order valence-corrected chi connectivity index (χ4v) is 6.18. The van der Waals surface area contributed by atoms with Gasteiger partial charge in [0.15, 0.2) is 0 Å². The molecular formula is C26H16Br2Cl2. The molecule has 0 amide bonds. The summed E-state index contributed by atoms with van der Waals surface area (Å²) >= 11 is 22.4. The van der Waals surface area contributed by atoms with Gasteiger partial charge in [-0.1, -0.05) is 105 Å². The Bertz CT molecular complexity index is 1120. The van der Waals surface area contributed by atoms with Gasteiger partial charge in [-0.05, 0) is 57.6 Å². The molecule has 0 fully saturated rings. The summed E-state index contributed by atoms with van der Waals surface area (Å²) in [4.78, 5) is -1.69. The predicted octanol–water partition coefficient (Wildman–Crippen LogP) is 8.59. The van der Waals surface area contributed by atoms with Crippen molar-refractivity contribution in [3.63, 3.8) is 0 Å². The van der Waals surface area contributed by atoms with Crippen LogP contribution in [-0.2, 0) is 9.75 Å². The Kier molecular flexibility index (Phi) is 5.10. The van der Waals surface area contributed by atoms with Crippen LogP contribution in [0.4, 0.5) is 0 Å². The molecule has 0 bridgehead atoms. The second-order valence-corrected chi connectivity index (χ2v) is 10.4. The van der Waals surface area contributed by atoms with Crippen LogP contribution in [0.3, 0.4) is 0 Å². The van der Waals surface area contributed by atoms with Crippen LogP contribution in [0.1, 0.15) is 33.4 Å². The SMILES string of the molecule is ClC1(c2cccc(Br)c2)c2ccccc2C(Cl)(c2cccc(Br)c2)c2ccccc21. The second kappa shape index (κ2) is 7.53. The molecule has 4 aromatic rings. The van der Waals surface area contributed by atoms with Crippen molar-refractivity contribution in [2.45, 2.75) is 9.75 Å². The fourth-order valence-electron chi connectivity index (χ4n) is 4.49. The van der Waals surface area contributed by atoms with E-state index < -0.39 is 9.75 Å². The van der Waals surface area contributed by atoms with E-state index in [0.29, 0.717) is 0 Å². The van der Waals surface area contributed by atoms with Gasteiger partial charge in [-0.3, -0.25) is 0 Å². The highest BCUT2D eigenvalue weighted by Gasteiger charge is 2.50. The van der Waals surface area contributed by atoms with Crippen LogP contribution in [0.25, 0.3) is 0 Å². The first-order chi connectivity index (χ1) is 14.5. The maximum atomic E-state index is 7.59. The van der Waals surface area contributed by atoms with Gasteiger partial charge in [0.1, 0.15) is 9.75 Å². The number of halogens is 4. The van der Waals surface area contributed by atoms with Crippen molar-refractivity contribution in [2.75, 3.05) is 0 Å². The van der Waals surface area contributed by atoms with Crippen molar-refractivity contribution >= 4 is 55.1 Å². The molecular weight excluding hydrogens is 543 g/mol. The smallest absolute Gasteiger partial charge is 0.104 e. The van der Waals surface area contributed by atoms with Gasteiger partial charge in [0.05, 0.1) is 0 Å². The average Bonchev–Trinajstić information content (AvgIpc) is 2.77. The topological polar surface area (TPSA) is 0 Å². The molecule has 0 saturated heterocycles. The van der Waals surface area contributed by atoms with E-state index in [2.05, 4.69) is 80.4 Å².